The second-order valence-corrected chi connectivity index (χ2v) is 8.51. The van der Waals surface area contributed by atoms with Gasteiger partial charge >= 0.3 is 0 Å². The van der Waals surface area contributed by atoms with Gasteiger partial charge in [0.25, 0.3) is 5.91 Å². The van der Waals surface area contributed by atoms with Gasteiger partial charge in [-0.15, -0.1) is 0 Å². The molecule has 0 radical (unpaired) electrons. The molecule has 1 amide bonds. The van der Waals surface area contributed by atoms with Crippen LogP contribution in [0.3, 0.4) is 0 Å². The van der Waals surface area contributed by atoms with E-state index in [-0.39, 0.29) is 17.5 Å². The summed E-state index contributed by atoms with van der Waals surface area (Å²) in [6.07, 6.45) is 3.15. The van der Waals surface area contributed by atoms with E-state index in [1.165, 1.54) is 12.1 Å². The maximum Gasteiger partial charge on any atom is 0.255 e. The molecule has 4 aromatic rings. The highest BCUT2D eigenvalue weighted by Gasteiger charge is 2.20. The molecule has 0 unspecified atom stereocenters. The van der Waals surface area contributed by atoms with Gasteiger partial charge in [-0.05, 0) is 59.9 Å². The molecule has 0 aliphatic rings. The number of benzene rings is 3. The van der Waals surface area contributed by atoms with Gasteiger partial charge in [0.2, 0.25) is 0 Å². The summed E-state index contributed by atoms with van der Waals surface area (Å²) in [6.45, 7) is 2.22. The van der Waals surface area contributed by atoms with Crippen LogP contribution < -0.4 is 10.1 Å². The van der Waals surface area contributed by atoms with Gasteiger partial charge in [0, 0.05) is 17.1 Å². The SMILES string of the molecule is CCCOc1ccc(-c2ccc(F)c(Cl)c2)cc1C(=O)N[C@@H](CO)Cc1c[nH]c2ccccc12. The van der Waals surface area contributed by atoms with Gasteiger partial charge in [-0.2, -0.15) is 0 Å². The molecule has 0 saturated carbocycles. The largest absolute Gasteiger partial charge is 0.493 e. The van der Waals surface area contributed by atoms with E-state index in [1.807, 2.05) is 37.4 Å². The third kappa shape index (κ3) is 5.24. The number of aromatic nitrogens is 1. The van der Waals surface area contributed by atoms with Crippen LogP contribution in [-0.4, -0.2) is 35.3 Å². The van der Waals surface area contributed by atoms with Gasteiger partial charge in [0.1, 0.15) is 11.6 Å². The number of hydrogen-bond donors (Lipinski definition) is 3. The van der Waals surface area contributed by atoms with E-state index in [0.29, 0.717) is 35.5 Å². The van der Waals surface area contributed by atoms with Crippen LogP contribution in [0, 0.1) is 5.82 Å². The van der Waals surface area contributed by atoms with Gasteiger partial charge in [-0.1, -0.05) is 48.9 Å². The third-order valence-electron chi connectivity index (χ3n) is 5.64. The number of carbonyl (C=O) groups is 1. The Bertz CT molecular complexity index is 1300. The molecule has 4 rings (SSSR count). The molecule has 1 atom stereocenters. The van der Waals surface area contributed by atoms with Crippen LogP contribution in [-0.2, 0) is 6.42 Å². The molecule has 1 heterocycles. The van der Waals surface area contributed by atoms with Gasteiger partial charge in [-0.25, -0.2) is 4.39 Å². The molecule has 0 fully saturated rings. The summed E-state index contributed by atoms with van der Waals surface area (Å²) >= 11 is 5.95. The van der Waals surface area contributed by atoms with Crippen molar-refractivity contribution >= 4 is 28.4 Å². The maximum absolute atomic E-state index is 13.6. The summed E-state index contributed by atoms with van der Waals surface area (Å²) in [5.41, 5.74) is 3.73. The van der Waals surface area contributed by atoms with Gasteiger partial charge in [-0.3, -0.25) is 4.79 Å². The summed E-state index contributed by atoms with van der Waals surface area (Å²) in [7, 11) is 0. The number of rotatable bonds is 9. The number of carbonyl (C=O) groups excluding carboxylic acids is 1. The predicted molar refractivity (Wildman–Crippen MR) is 133 cm³/mol. The quantitative estimate of drug-likeness (QED) is 0.285. The minimum atomic E-state index is -0.505. The van der Waals surface area contributed by atoms with Crippen LogP contribution in [0.2, 0.25) is 5.02 Å². The highest BCUT2D eigenvalue weighted by Crippen LogP contribution is 2.30. The number of H-pyrrole nitrogens is 1. The average Bonchev–Trinajstić information content (AvgIpc) is 3.26. The van der Waals surface area contributed by atoms with E-state index >= 15 is 0 Å². The second kappa shape index (κ2) is 10.7. The van der Waals surface area contributed by atoms with Crippen molar-refractivity contribution in [2.24, 2.45) is 0 Å². The fraction of sp³-hybridized carbons (Fsp3) is 0.222. The molecule has 7 heteroatoms. The summed E-state index contributed by atoms with van der Waals surface area (Å²) in [6, 6.07) is 17.1. The van der Waals surface area contributed by atoms with E-state index < -0.39 is 11.9 Å². The summed E-state index contributed by atoms with van der Waals surface area (Å²) in [4.78, 5) is 16.5. The molecule has 176 valence electrons. The first-order valence-corrected chi connectivity index (χ1v) is 11.6. The van der Waals surface area contributed by atoms with Crippen molar-refractivity contribution in [1.82, 2.24) is 10.3 Å². The normalized spacial score (nSPS) is 12.0. The highest BCUT2D eigenvalue weighted by atomic mass is 35.5. The summed E-state index contributed by atoms with van der Waals surface area (Å²) in [5, 5.41) is 14.0. The Labute approximate surface area is 202 Å². The minimum Gasteiger partial charge on any atom is -0.493 e. The number of amides is 1. The smallest absolute Gasteiger partial charge is 0.255 e. The summed E-state index contributed by atoms with van der Waals surface area (Å²) < 4.78 is 19.4. The molecule has 1 aromatic heterocycles. The van der Waals surface area contributed by atoms with Crippen molar-refractivity contribution in [2.75, 3.05) is 13.2 Å². The average molecular weight is 481 g/mol. The molecule has 3 aromatic carbocycles. The van der Waals surface area contributed by atoms with Crippen LogP contribution in [0.5, 0.6) is 5.75 Å². The number of para-hydroxylation sites is 1. The fourth-order valence-electron chi connectivity index (χ4n) is 3.89. The van der Waals surface area contributed by atoms with E-state index in [0.717, 1.165) is 22.9 Å². The lowest BCUT2D eigenvalue weighted by Gasteiger charge is -2.18. The van der Waals surface area contributed by atoms with Crippen molar-refractivity contribution in [3.63, 3.8) is 0 Å². The van der Waals surface area contributed by atoms with Crippen LogP contribution in [0.15, 0.2) is 66.9 Å². The number of aliphatic hydroxyl groups excluding tert-OH is 1. The molecule has 0 aliphatic heterocycles. The zero-order valence-corrected chi connectivity index (χ0v) is 19.5. The Hall–Kier alpha value is -3.35. The number of aliphatic hydroxyl groups is 1. The van der Waals surface area contributed by atoms with E-state index in [2.05, 4.69) is 10.3 Å². The Morgan fingerprint density at radius 1 is 1.15 bits per heavy atom. The van der Waals surface area contributed by atoms with Crippen LogP contribution in [0.1, 0.15) is 29.3 Å². The van der Waals surface area contributed by atoms with Gasteiger partial charge < -0.3 is 20.1 Å². The molecular weight excluding hydrogens is 455 g/mol. The molecule has 5 nitrogen and oxygen atoms in total. The van der Waals surface area contributed by atoms with Crippen molar-refractivity contribution in [3.05, 3.63) is 88.8 Å². The molecule has 0 saturated heterocycles. The molecular formula is C27H26ClFN2O3. The fourth-order valence-corrected chi connectivity index (χ4v) is 4.07. The van der Waals surface area contributed by atoms with E-state index in [1.54, 1.807) is 24.3 Å². The lowest BCUT2D eigenvalue weighted by atomic mass is 10.0. The molecule has 34 heavy (non-hydrogen) atoms. The maximum atomic E-state index is 13.6. The number of halogens is 2. The van der Waals surface area contributed by atoms with Crippen LogP contribution >= 0.6 is 11.6 Å². The van der Waals surface area contributed by atoms with Crippen molar-refractivity contribution < 1.29 is 19.0 Å². The first kappa shape index (κ1) is 23.8. The van der Waals surface area contributed by atoms with Crippen molar-refractivity contribution in [1.29, 1.82) is 0 Å². The Morgan fingerprint density at radius 2 is 1.91 bits per heavy atom. The second-order valence-electron chi connectivity index (χ2n) is 8.10. The van der Waals surface area contributed by atoms with Crippen LogP contribution in [0.4, 0.5) is 4.39 Å². The predicted octanol–water partition coefficient (Wildman–Crippen LogP) is 5.75. The number of nitrogens with one attached hydrogen (secondary N) is 2. The molecule has 0 spiro atoms. The molecule has 0 bridgehead atoms. The number of aromatic amines is 1. The van der Waals surface area contributed by atoms with Gasteiger partial charge in [0.05, 0.1) is 29.8 Å². The van der Waals surface area contributed by atoms with Crippen molar-refractivity contribution in [3.8, 4) is 16.9 Å². The number of fused-ring (bicyclic) bond motifs is 1. The first-order chi connectivity index (χ1) is 16.5. The standard InChI is InChI=1S/C27H26ClFN2O3/c1-2-11-34-26-10-8-17(18-7-9-24(29)23(28)14-18)13-22(26)27(33)31-20(16-32)12-19-15-30-25-6-4-3-5-21(19)25/h3-10,13-15,20,30,32H,2,11-12,16H2,1H3,(H,31,33)/t20-/m1/s1. The Morgan fingerprint density at radius 3 is 2.68 bits per heavy atom. The van der Waals surface area contributed by atoms with E-state index in [9.17, 15) is 14.3 Å². The molecule has 0 aliphatic carbocycles. The lowest BCUT2D eigenvalue weighted by Crippen LogP contribution is -2.39. The third-order valence-corrected chi connectivity index (χ3v) is 5.93. The van der Waals surface area contributed by atoms with Crippen molar-refractivity contribution in [2.45, 2.75) is 25.8 Å². The zero-order chi connectivity index (χ0) is 24.1. The van der Waals surface area contributed by atoms with E-state index in [4.69, 9.17) is 16.3 Å². The topological polar surface area (TPSA) is 74.3 Å². The summed E-state index contributed by atoms with van der Waals surface area (Å²) in [5.74, 6) is -0.422. The monoisotopic (exact) mass is 480 g/mol. The Balaban J connectivity index is 1.60. The first-order valence-electron chi connectivity index (χ1n) is 11.2. The van der Waals surface area contributed by atoms with Crippen LogP contribution in [0.25, 0.3) is 22.0 Å². The lowest BCUT2D eigenvalue weighted by molar-refractivity contribution is 0.0912. The minimum absolute atomic E-state index is 0.00823. The number of ether oxygens (including phenoxy) is 1. The zero-order valence-electron chi connectivity index (χ0n) is 18.8. The number of hydrogen-bond acceptors (Lipinski definition) is 3. The highest BCUT2D eigenvalue weighted by molar-refractivity contribution is 6.31. The Kier molecular flexibility index (Phi) is 7.50. The van der Waals surface area contributed by atoms with Gasteiger partial charge in [0.15, 0.2) is 0 Å². The molecule has 3 N–H and O–H groups in total.